The minimum absolute atomic E-state index is 0.324. The number of hydrogen-bond acceptors (Lipinski definition) is 4. The van der Waals surface area contributed by atoms with Crippen molar-refractivity contribution in [1.82, 2.24) is 4.98 Å². The lowest BCUT2D eigenvalue weighted by atomic mass is 9.96. The number of aryl methyl sites for hydroxylation is 1. The van der Waals surface area contributed by atoms with Crippen molar-refractivity contribution in [2.24, 2.45) is 11.0 Å². The molecule has 1 aromatic rings. The fourth-order valence-electron chi connectivity index (χ4n) is 3.21. The van der Waals surface area contributed by atoms with Gasteiger partial charge in [0.15, 0.2) is 0 Å². The van der Waals surface area contributed by atoms with Crippen molar-refractivity contribution in [3.8, 4) is 6.07 Å². The molecule has 0 radical (unpaired) electrons. The van der Waals surface area contributed by atoms with E-state index in [9.17, 15) is 0 Å². The van der Waals surface area contributed by atoms with Gasteiger partial charge < -0.3 is 0 Å². The highest BCUT2D eigenvalue weighted by atomic mass is 35.5. The Morgan fingerprint density at radius 1 is 1.35 bits per heavy atom. The first-order chi connectivity index (χ1) is 9.69. The second-order valence-corrected chi connectivity index (χ2v) is 5.99. The first kappa shape index (κ1) is 13.4. The summed E-state index contributed by atoms with van der Waals surface area (Å²) in [6.45, 7) is 1.86. The quantitative estimate of drug-likeness (QED) is 0.836. The van der Waals surface area contributed by atoms with Crippen molar-refractivity contribution in [3.05, 3.63) is 23.4 Å². The van der Waals surface area contributed by atoms with E-state index in [0.29, 0.717) is 22.7 Å². The summed E-state index contributed by atoms with van der Waals surface area (Å²) in [6.07, 6.45) is 5.90. The van der Waals surface area contributed by atoms with E-state index in [2.05, 4.69) is 16.2 Å². The third-order valence-corrected chi connectivity index (χ3v) is 4.51. The second-order valence-electron chi connectivity index (χ2n) is 5.55. The van der Waals surface area contributed by atoms with E-state index in [0.717, 1.165) is 17.9 Å². The van der Waals surface area contributed by atoms with Gasteiger partial charge in [0.25, 0.3) is 0 Å². The minimum atomic E-state index is 0.324. The zero-order valence-corrected chi connectivity index (χ0v) is 12.3. The summed E-state index contributed by atoms with van der Waals surface area (Å²) in [5.74, 6) is 1.45. The smallest absolute Gasteiger partial charge is 0.149 e. The van der Waals surface area contributed by atoms with Gasteiger partial charge in [-0.15, -0.1) is 0 Å². The largest absolute Gasteiger partial charge is 0.243 e. The third kappa shape index (κ3) is 2.38. The van der Waals surface area contributed by atoms with Crippen molar-refractivity contribution < 1.29 is 0 Å². The van der Waals surface area contributed by atoms with Crippen molar-refractivity contribution in [2.75, 3.05) is 5.01 Å². The molecule has 0 bridgehead atoms. The molecule has 104 valence electrons. The summed E-state index contributed by atoms with van der Waals surface area (Å²) in [7, 11) is 0. The summed E-state index contributed by atoms with van der Waals surface area (Å²) in [6, 6.07) is 6.15. The number of aromatic nitrogens is 1. The molecule has 1 aliphatic carbocycles. The maximum absolute atomic E-state index is 8.99. The SMILES string of the molecule is Cc1nc(N2N=C(Cl)CC2C2CCCC2)ccc1C#N. The molecule has 0 spiro atoms. The number of nitriles is 1. The highest BCUT2D eigenvalue weighted by Gasteiger charge is 2.35. The summed E-state index contributed by atoms with van der Waals surface area (Å²) in [5, 5.41) is 16.1. The van der Waals surface area contributed by atoms with E-state index < -0.39 is 0 Å². The van der Waals surface area contributed by atoms with Crippen LogP contribution in [0.15, 0.2) is 17.2 Å². The molecular weight excluding hydrogens is 272 g/mol. The Kier molecular flexibility index (Phi) is 3.62. The predicted molar refractivity (Wildman–Crippen MR) is 79.8 cm³/mol. The van der Waals surface area contributed by atoms with Crippen LogP contribution < -0.4 is 5.01 Å². The zero-order valence-electron chi connectivity index (χ0n) is 11.5. The lowest BCUT2D eigenvalue weighted by molar-refractivity contribution is 0.429. The molecule has 1 atom stereocenters. The van der Waals surface area contributed by atoms with Gasteiger partial charge in [0.2, 0.25) is 0 Å². The van der Waals surface area contributed by atoms with E-state index in [-0.39, 0.29) is 0 Å². The van der Waals surface area contributed by atoms with E-state index in [1.807, 2.05) is 24.1 Å². The van der Waals surface area contributed by atoms with Crippen molar-refractivity contribution in [3.63, 3.8) is 0 Å². The Labute approximate surface area is 124 Å². The van der Waals surface area contributed by atoms with E-state index in [1.165, 1.54) is 25.7 Å². The highest BCUT2D eigenvalue weighted by Crippen LogP contribution is 2.37. The number of rotatable bonds is 2. The molecule has 0 N–H and O–H groups in total. The molecule has 1 unspecified atom stereocenters. The van der Waals surface area contributed by atoms with E-state index in [1.54, 1.807) is 0 Å². The Bertz CT molecular complexity index is 584. The first-order valence-electron chi connectivity index (χ1n) is 7.09. The number of nitrogens with zero attached hydrogens (tertiary/aromatic N) is 4. The number of hydrazone groups is 1. The van der Waals surface area contributed by atoms with Gasteiger partial charge in [-0.3, -0.25) is 0 Å². The van der Waals surface area contributed by atoms with Gasteiger partial charge in [-0.25, -0.2) is 9.99 Å². The van der Waals surface area contributed by atoms with E-state index >= 15 is 0 Å². The zero-order chi connectivity index (χ0) is 14.1. The van der Waals surface area contributed by atoms with Crippen LogP contribution in [0.25, 0.3) is 0 Å². The third-order valence-electron chi connectivity index (χ3n) is 4.28. The van der Waals surface area contributed by atoms with Crippen LogP contribution >= 0.6 is 11.6 Å². The average molecular weight is 289 g/mol. The molecular formula is C15H17ClN4. The maximum Gasteiger partial charge on any atom is 0.149 e. The van der Waals surface area contributed by atoms with Gasteiger partial charge in [0, 0.05) is 6.42 Å². The van der Waals surface area contributed by atoms with Crippen LogP contribution in [0.1, 0.15) is 43.4 Å². The molecule has 1 saturated carbocycles. The summed E-state index contributed by atoms with van der Waals surface area (Å²) in [4.78, 5) is 4.52. The summed E-state index contributed by atoms with van der Waals surface area (Å²) in [5.41, 5.74) is 1.36. The van der Waals surface area contributed by atoms with E-state index in [4.69, 9.17) is 16.9 Å². The van der Waals surface area contributed by atoms with Crippen LogP contribution in [0.2, 0.25) is 0 Å². The van der Waals surface area contributed by atoms with Crippen LogP contribution in [0.3, 0.4) is 0 Å². The molecule has 3 rings (SSSR count). The molecule has 0 amide bonds. The predicted octanol–water partition coefficient (Wildman–Crippen LogP) is 3.58. The average Bonchev–Trinajstić information content (AvgIpc) is 3.07. The summed E-state index contributed by atoms with van der Waals surface area (Å²) >= 11 is 6.16. The number of pyridine rings is 1. The second kappa shape index (κ2) is 5.41. The molecule has 1 fully saturated rings. The minimum Gasteiger partial charge on any atom is -0.243 e. The standard InChI is InChI=1S/C15H17ClN4/c1-10-12(9-17)6-7-15(18-10)20-13(8-14(16)19-20)11-4-2-3-5-11/h6-7,11,13H,2-5,8H2,1H3. The Balaban J connectivity index is 1.90. The molecule has 2 aliphatic rings. The molecule has 1 aliphatic heterocycles. The van der Waals surface area contributed by atoms with Gasteiger partial charge >= 0.3 is 0 Å². The monoisotopic (exact) mass is 288 g/mol. The van der Waals surface area contributed by atoms with Gasteiger partial charge in [0.1, 0.15) is 17.1 Å². The molecule has 20 heavy (non-hydrogen) atoms. The summed E-state index contributed by atoms with van der Waals surface area (Å²) < 4.78 is 0. The molecule has 1 aromatic heterocycles. The van der Waals surface area contributed by atoms with Crippen LogP contribution in [-0.2, 0) is 0 Å². The normalized spacial score (nSPS) is 22.9. The Morgan fingerprint density at radius 3 is 2.75 bits per heavy atom. The van der Waals surface area contributed by atoms with Crippen LogP contribution in [0, 0.1) is 24.2 Å². The number of halogens is 1. The molecule has 5 heteroatoms. The molecule has 4 nitrogen and oxygen atoms in total. The van der Waals surface area contributed by atoms with Crippen LogP contribution in [0.4, 0.5) is 5.82 Å². The fourth-order valence-corrected chi connectivity index (χ4v) is 3.45. The van der Waals surface area contributed by atoms with Crippen LogP contribution in [-0.4, -0.2) is 16.2 Å². The van der Waals surface area contributed by atoms with Crippen molar-refractivity contribution in [1.29, 1.82) is 5.26 Å². The van der Waals surface area contributed by atoms with Gasteiger partial charge in [-0.2, -0.15) is 10.4 Å². The van der Waals surface area contributed by atoms with Crippen LogP contribution in [0.5, 0.6) is 0 Å². The fraction of sp³-hybridized carbons (Fsp3) is 0.533. The highest BCUT2D eigenvalue weighted by molar-refractivity contribution is 6.65. The molecule has 0 saturated heterocycles. The van der Waals surface area contributed by atoms with Gasteiger partial charge in [-0.05, 0) is 37.8 Å². The topological polar surface area (TPSA) is 52.3 Å². The molecule has 2 heterocycles. The van der Waals surface area contributed by atoms with Gasteiger partial charge in [-0.1, -0.05) is 24.4 Å². The lowest BCUT2D eigenvalue weighted by Gasteiger charge is -2.27. The van der Waals surface area contributed by atoms with Crippen molar-refractivity contribution >= 4 is 22.6 Å². The van der Waals surface area contributed by atoms with Crippen molar-refractivity contribution in [2.45, 2.75) is 45.1 Å². The number of hydrogen-bond donors (Lipinski definition) is 0. The molecule has 0 aromatic carbocycles. The Morgan fingerprint density at radius 2 is 2.10 bits per heavy atom. The van der Waals surface area contributed by atoms with Gasteiger partial charge in [0.05, 0.1) is 17.3 Å². The maximum atomic E-state index is 8.99. The number of anilines is 1. The lowest BCUT2D eigenvalue weighted by Crippen LogP contribution is -2.33. The Hall–Kier alpha value is -1.60. The first-order valence-corrected chi connectivity index (χ1v) is 7.47.